The van der Waals surface area contributed by atoms with E-state index in [2.05, 4.69) is 21.5 Å². The Labute approximate surface area is 200 Å². The molecule has 0 saturated heterocycles. The van der Waals surface area contributed by atoms with E-state index in [9.17, 15) is 19.2 Å². The lowest BCUT2D eigenvalue weighted by molar-refractivity contribution is -0.119. The number of rotatable bonds is 7. The number of carbonyl (C=O) groups is 2. The van der Waals surface area contributed by atoms with Crippen LogP contribution in [0, 0.1) is 31.0 Å². The summed E-state index contributed by atoms with van der Waals surface area (Å²) in [6, 6.07) is 14.5. The highest BCUT2D eigenvalue weighted by atomic mass is 19.1. The number of nitriles is 1. The maximum atomic E-state index is 13.4. The van der Waals surface area contributed by atoms with Gasteiger partial charge in [-0.05, 0) is 61.4 Å². The minimum absolute atomic E-state index is 0.229. The van der Waals surface area contributed by atoms with E-state index in [-0.39, 0.29) is 11.4 Å². The molecule has 35 heavy (non-hydrogen) atoms. The van der Waals surface area contributed by atoms with E-state index in [0.29, 0.717) is 29.1 Å². The van der Waals surface area contributed by atoms with Gasteiger partial charge in [-0.3, -0.25) is 9.36 Å². The second-order valence-electron chi connectivity index (χ2n) is 7.77. The van der Waals surface area contributed by atoms with E-state index < -0.39 is 24.3 Å². The Balaban J connectivity index is 1.44. The number of carbonyl (C=O) groups excluding carboxylic acids is 2. The van der Waals surface area contributed by atoms with Crippen LogP contribution in [0.4, 0.5) is 10.2 Å². The molecule has 0 unspecified atom stereocenters. The molecule has 2 heterocycles. The zero-order valence-electron chi connectivity index (χ0n) is 19.0. The number of halogens is 1. The number of aromatic nitrogens is 4. The number of benzene rings is 2. The van der Waals surface area contributed by atoms with E-state index >= 15 is 0 Å². The molecule has 0 spiro atoms. The Kier molecular flexibility index (Phi) is 6.69. The highest BCUT2D eigenvalue weighted by molar-refractivity contribution is 5.96. The largest absolute Gasteiger partial charge is 0.452 e. The zero-order valence-corrected chi connectivity index (χ0v) is 19.0. The van der Waals surface area contributed by atoms with Gasteiger partial charge in [0.25, 0.3) is 5.91 Å². The highest BCUT2D eigenvalue weighted by Crippen LogP contribution is 2.30. The minimum Gasteiger partial charge on any atom is -0.452 e. The summed E-state index contributed by atoms with van der Waals surface area (Å²) in [6.07, 6.45) is 3.03. The molecule has 2 aromatic carbocycles. The van der Waals surface area contributed by atoms with Gasteiger partial charge in [0.05, 0.1) is 17.7 Å². The zero-order chi connectivity index (χ0) is 24.9. The second-order valence-corrected chi connectivity index (χ2v) is 7.77. The Hall–Kier alpha value is -4.78. The number of amides is 1. The molecule has 1 N–H and O–H groups in total. The van der Waals surface area contributed by atoms with Gasteiger partial charge in [-0.25, -0.2) is 18.9 Å². The summed E-state index contributed by atoms with van der Waals surface area (Å²) in [6.45, 7) is 3.51. The lowest BCUT2D eigenvalue weighted by atomic mass is 10.1. The number of ether oxygens (including phenoxy) is 1. The van der Waals surface area contributed by atoms with E-state index in [1.807, 2.05) is 0 Å². The summed E-state index contributed by atoms with van der Waals surface area (Å²) in [5, 5.41) is 16.3. The Morgan fingerprint density at radius 2 is 1.83 bits per heavy atom. The highest BCUT2D eigenvalue weighted by Gasteiger charge is 2.21. The van der Waals surface area contributed by atoms with Crippen molar-refractivity contribution < 1.29 is 18.7 Å². The van der Waals surface area contributed by atoms with Crippen molar-refractivity contribution >= 4 is 17.7 Å². The Morgan fingerprint density at radius 1 is 1.11 bits per heavy atom. The maximum Gasteiger partial charge on any atom is 0.338 e. The summed E-state index contributed by atoms with van der Waals surface area (Å²) in [5.41, 5.74) is 3.45. The smallest absolute Gasteiger partial charge is 0.338 e. The first kappa shape index (κ1) is 23.4. The molecule has 176 valence electrons. The molecule has 1 amide bonds. The first-order chi connectivity index (χ1) is 16.9. The number of hydrogen-bond donors (Lipinski definition) is 1. The summed E-state index contributed by atoms with van der Waals surface area (Å²) in [4.78, 5) is 28.9. The van der Waals surface area contributed by atoms with Crippen LogP contribution in [0.2, 0.25) is 0 Å². The third-order valence-electron chi connectivity index (χ3n) is 5.50. The number of anilines is 1. The van der Waals surface area contributed by atoms with Crippen LogP contribution < -0.4 is 5.32 Å². The molecule has 0 radical (unpaired) electrons. The Morgan fingerprint density at radius 3 is 2.46 bits per heavy atom. The fourth-order valence-electron chi connectivity index (χ4n) is 3.60. The first-order valence-corrected chi connectivity index (χ1v) is 10.6. The van der Waals surface area contributed by atoms with Gasteiger partial charge in [-0.1, -0.05) is 12.1 Å². The molecule has 0 saturated carbocycles. The van der Waals surface area contributed by atoms with Crippen molar-refractivity contribution in [3.8, 4) is 11.8 Å². The lowest BCUT2D eigenvalue weighted by Crippen LogP contribution is -2.23. The van der Waals surface area contributed by atoms with Gasteiger partial charge < -0.3 is 10.1 Å². The van der Waals surface area contributed by atoms with Crippen LogP contribution in [0.25, 0.3) is 5.69 Å². The van der Waals surface area contributed by atoms with Crippen LogP contribution >= 0.6 is 0 Å². The molecule has 0 aliphatic rings. The molecule has 0 fully saturated rings. The van der Waals surface area contributed by atoms with Crippen molar-refractivity contribution in [2.24, 2.45) is 0 Å². The van der Waals surface area contributed by atoms with Crippen LogP contribution in [-0.2, 0) is 16.1 Å². The predicted octanol–water partition coefficient (Wildman–Crippen LogP) is 3.54. The third-order valence-corrected chi connectivity index (χ3v) is 5.50. The number of nitrogens with zero attached hydrogens (tertiary/aromatic N) is 5. The van der Waals surface area contributed by atoms with Gasteiger partial charge in [-0.15, -0.1) is 0 Å². The van der Waals surface area contributed by atoms with Crippen LogP contribution in [0.15, 0.2) is 61.2 Å². The Bertz CT molecular complexity index is 1400. The monoisotopic (exact) mass is 472 g/mol. The SMILES string of the molecule is Cc1c(C#N)c(NC(=O)COC(=O)c2ccc(Cn3cncn3)cc2)n(-c2ccc(F)cc2)c1C. The van der Waals surface area contributed by atoms with Crippen molar-refractivity contribution in [3.05, 3.63) is 95.0 Å². The van der Waals surface area contributed by atoms with Crippen molar-refractivity contribution in [1.29, 1.82) is 5.26 Å². The molecular formula is C25H21FN6O3. The molecule has 9 nitrogen and oxygen atoms in total. The van der Waals surface area contributed by atoms with Crippen LogP contribution in [-0.4, -0.2) is 37.8 Å². The molecule has 4 rings (SSSR count). The van der Waals surface area contributed by atoms with Crippen molar-refractivity contribution in [2.45, 2.75) is 20.4 Å². The maximum absolute atomic E-state index is 13.4. The van der Waals surface area contributed by atoms with Gasteiger partial charge in [0.15, 0.2) is 6.61 Å². The summed E-state index contributed by atoms with van der Waals surface area (Å²) in [7, 11) is 0. The number of hydrogen-bond acceptors (Lipinski definition) is 6. The molecule has 0 aliphatic heterocycles. The standard InChI is InChI=1S/C25H21FN6O3/c1-16-17(2)32(21-9-7-20(26)8-10-21)24(22(16)11-27)30-23(33)13-35-25(34)19-5-3-18(4-6-19)12-31-15-28-14-29-31/h3-10,14-15H,12-13H2,1-2H3,(H,30,33). The van der Waals surface area contributed by atoms with Gasteiger partial charge >= 0.3 is 5.97 Å². The average molecular weight is 472 g/mol. The van der Waals surface area contributed by atoms with Crippen LogP contribution in [0.1, 0.15) is 32.7 Å². The predicted molar refractivity (Wildman–Crippen MR) is 124 cm³/mol. The first-order valence-electron chi connectivity index (χ1n) is 10.6. The number of esters is 1. The molecule has 10 heteroatoms. The van der Waals surface area contributed by atoms with Gasteiger partial charge in [0.1, 0.15) is 30.4 Å². The fraction of sp³-hybridized carbons (Fsp3) is 0.160. The summed E-state index contributed by atoms with van der Waals surface area (Å²) < 4.78 is 21.9. The molecule has 4 aromatic rings. The molecular weight excluding hydrogens is 451 g/mol. The van der Waals surface area contributed by atoms with Gasteiger partial charge in [0.2, 0.25) is 0 Å². The molecule has 0 atom stereocenters. The van der Waals surface area contributed by atoms with E-state index in [4.69, 9.17) is 4.74 Å². The summed E-state index contributed by atoms with van der Waals surface area (Å²) >= 11 is 0. The van der Waals surface area contributed by atoms with E-state index in [0.717, 1.165) is 5.56 Å². The van der Waals surface area contributed by atoms with Crippen LogP contribution in [0.3, 0.4) is 0 Å². The summed E-state index contributed by atoms with van der Waals surface area (Å²) in [5.74, 6) is -1.44. The van der Waals surface area contributed by atoms with Gasteiger partial charge in [-0.2, -0.15) is 10.4 Å². The topological polar surface area (TPSA) is 115 Å². The average Bonchev–Trinajstić information content (AvgIpc) is 3.45. The van der Waals surface area contributed by atoms with Crippen molar-refractivity contribution in [2.75, 3.05) is 11.9 Å². The normalized spacial score (nSPS) is 10.6. The quantitative estimate of drug-likeness (QED) is 0.412. The van der Waals surface area contributed by atoms with Gasteiger partial charge in [0, 0.05) is 11.4 Å². The third kappa shape index (κ3) is 5.09. The lowest BCUT2D eigenvalue weighted by Gasteiger charge is -2.13. The molecule has 2 aromatic heterocycles. The fourth-order valence-corrected chi connectivity index (χ4v) is 3.60. The van der Waals surface area contributed by atoms with Crippen LogP contribution in [0.5, 0.6) is 0 Å². The van der Waals surface area contributed by atoms with Crippen molar-refractivity contribution in [1.82, 2.24) is 19.3 Å². The number of nitrogens with one attached hydrogen (secondary N) is 1. The van der Waals surface area contributed by atoms with E-state index in [1.165, 1.54) is 18.5 Å². The van der Waals surface area contributed by atoms with Crippen molar-refractivity contribution in [3.63, 3.8) is 0 Å². The van der Waals surface area contributed by atoms with E-state index in [1.54, 1.807) is 65.8 Å². The molecule has 0 bridgehead atoms. The minimum atomic E-state index is -0.658. The molecule has 0 aliphatic carbocycles. The second kappa shape index (κ2) is 10.0.